The SMILES string of the molecule is COC(C(=O)NCC(O)c1ccccc1F)c1ccccc1. The van der Waals surface area contributed by atoms with Gasteiger partial charge in [-0.25, -0.2) is 4.39 Å². The minimum atomic E-state index is -1.11. The number of carbonyl (C=O) groups excluding carboxylic acids is 1. The van der Waals surface area contributed by atoms with Gasteiger partial charge in [-0.05, 0) is 11.6 Å². The third kappa shape index (κ3) is 3.90. The molecular formula is C17H18FNO3. The third-order valence-corrected chi connectivity index (χ3v) is 3.31. The summed E-state index contributed by atoms with van der Waals surface area (Å²) in [4.78, 5) is 12.2. The molecule has 2 aromatic carbocycles. The number of nitrogens with one attached hydrogen (secondary N) is 1. The summed E-state index contributed by atoms with van der Waals surface area (Å²) in [7, 11) is 1.44. The molecule has 0 aliphatic heterocycles. The average Bonchev–Trinajstić information content (AvgIpc) is 2.55. The second-order valence-corrected chi connectivity index (χ2v) is 4.81. The first kappa shape index (κ1) is 16.1. The Bertz CT molecular complexity index is 618. The Morgan fingerprint density at radius 1 is 1.18 bits per heavy atom. The lowest BCUT2D eigenvalue weighted by Crippen LogP contribution is -2.33. The zero-order chi connectivity index (χ0) is 15.9. The summed E-state index contributed by atoms with van der Waals surface area (Å²) in [6.07, 6.45) is -1.88. The van der Waals surface area contributed by atoms with Crippen LogP contribution in [-0.4, -0.2) is 24.7 Å². The molecule has 116 valence electrons. The Kier molecular flexibility index (Phi) is 5.63. The van der Waals surface area contributed by atoms with Crippen molar-refractivity contribution in [3.8, 4) is 0 Å². The Labute approximate surface area is 128 Å². The van der Waals surface area contributed by atoms with Gasteiger partial charge in [-0.15, -0.1) is 0 Å². The van der Waals surface area contributed by atoms with Crippen molar-refractivity contribution < 1.29 is 19.0 Å². The Morgan fingerprint density at radius 2 is 1.82 bits per heavy atom. The molecule has 2 atom stereocenters. The van der Waals surface area contributed by atoms with E-state index in [1.807, 2.05) is 18.2 Å². The van der Waals surface area contributed by atoms with E-state index in [-0.39, 0.29) is 18.0 Å². The summed E-state index contributed by atoms with van der Waals surface area (Å²) < 4.78 is 18.7. The van der Waals surface area contributed by atoms with Crippen LogP contribution < -0.4 is 5.32 Å². The molecule has 0 saturated heterocycles. The molecule has 2 aromatic rings. The predicted molar refractivity (Wildman–Crippen MR) is 80.6 cm³/mol. The Hall–Kier alpha value is -2.24. The number of rotatable bonds is 6. The van der Waals surface area contributed by atoms with Crippen molar-refractivity contribution in [3.63, 3.8) is 0 Å². The number of carbonyl (C=O) groups is 1. The summed E-state index contributed by atoms with van der Waals surface area (Å²) in [5.41, 5.74) is 0.861. The largest absolute Gasteiger partial charge is 0.386 e. The maximum absolute atomic E-state index is 13.6. The fourth-order valence-corrected chi connectivity index (χ4v) is 2.17. The van der Waals surface area contributed by atoms with Crippen molar-refractivity contribution in [2.45, 2.75) is 12.2 Å². The highest BCUT2D eigenvalue weighted by molar-refractivity contribution is 5.82. The van der Waals surface area contributed by atoms with Gasteiger partial charge in [0, 0.05) is 19.2 Å². The van der Waals surface area contributed by atoms with Crippen molar-refractivity contribution in [2.75, 3.05) is 13.7 Å². The zero-order valence-corrected chi connectivity index (χ0v) is 12.2. The molecule has 0 aliphatic rings. The van der Waals surface area contributed by atoms with Crippen LogP contribution >= 0.6 is 0 Å². The normalized spacial score (nSPS) is 13.4. The lowest BCUT2D eigenvalue weighted by molar-refractivity contribution is -0.131. The zero-order valence-electron chi connectivity index (χ0n) is 12.2. The minimum Gasteiger partial charge on any atom is -0.386 e. The van der Waals surface area contributed by atoms with E-state index in [1.54, 1.807) is 24.3 Å². The summed E-state index contributed by atoms with van der Waals surface area (Å²) >= 11 is 0. The molecule has 0 fully saturated rings. The Balaban J connectivity index is 1.98. The van der Waals surface area contributed by atoms with Gasteiger partial charge in [0.25, 0.3) is 5.91 Å². The van der Waals surface area contributed by atoms with Crippen LogP contribution in [0.5, 0.6) is 0 Å². The molecule has 0 aliphatic carbocycles. The first-order valence-electron chi connectivity index (χ1n) is 6.91. The van der Waals surface area contributed by atoms with Gasteiger partial charge >= 0.3 is 0 Å². The number of hydrogen-bond acceptors (Lipinski definition) is 3. The lowest BCUT2D eigenvalue weighted by atomic mass is 10.1. The van der Waals surface area contributed by atoms with Crippen molar-refractivity contribution in [1.29, 1.82) is 0 Å². The fraction of sp³-hybridized carbons (Fsp3) is 0.235. The molecule has 1 amide bonds. The van der Waals surface area contributed by atoms with Crippen molar-refractivity contribution in [2.24, 2.45) is 0 Å². The van der Waals surface area contributed by atoms with Gasteiger partial charge in [-0.3, -0.25) is 4.79 Å². The smallest absolute Gasteiger partial charge is 0.253 e. The van der Waals surface area contributed by atoms with Crippen LogP contribution in [0.15, 0.2) is 54.6 Å². The van der Waals surface area contributed by atoms with Gasteiger partial charge in [0.05, 0.1) is 6.10 Å². The highest BCUT2D eigenvalue weighted by atomic mass is 19.1. The number of amides is 1. The molecule has 0 saturated carbocycles. The molecule has 0 heterocycles. The molecule has 2 unspecified atom stereocenters. The molecule has 5 heteroatoms. The molecule has 2 N–H and O–H groups in total. The minimum absolute atomic E-state index is 0.0908. The number of aliphatic hydroxyl groups is 1. The van der Waals surface area contributed by atoms with Gasteiger partial charge in [0.15, 0.2) is 6.10 Å². The standard InChI is InChI=1S/C17H18FNO3/c1-22-16(12-7-3-2-4-8-12)17(21)19-11-15(20)13-9-5-6-10-14(13)18/h2-10,15-16,20H,11H2,1H3,(H,19,21). The average molecular weight is 303 g/mol. The number of halogens is 1. The number of hydrogen-bond donors (Lipinski definition) is 2. The summed E-state index contributed by atoms with van der Waals surface area (Å²) in [5.74, 6) is -0.889. The number of methoxy groups -OCH3 is 1. The van der Waals surface area contributed by atoms with Crippen molar-refractivity contribution >= 4 is 5.91 Å². The van der Waals surface area contributed by atoms with E-state index in [9.17, 15) is 14.3 Å². The van der Waals surface area contributed by atoms with E-state index in [4.69, 9.17) is 4.74 Å². The van der Waals surface area contributed by atoms with Gasteiger partial charge in [-0.2, -0.15) is 0 Å². The van der Waals surface area contributed by atoms with Gasteiger partial charge in [0.2, 0.25) is 0 Å². The fourth-order valence-electron chi connectivity index (χ4n) is 2.17. The van der Waals surface area contributed by atoms with Gasteiger partial charge < -0.3 is 15.2 Å². The maximum atomic E-state index is 13.6. The van der Waals surface area contributed by atoms with Crippen molar-refractivity contribution in [1.82, 2.24) is 5.32 Å². The number of benzene rings is 2. The maximum Gasteiger partial charge on any atom is 0.253 e. The van der Waals surface area contributed by atoms with Crippen molar-refractivity contribution in [3.05, 3.63) is 71.5 Å². The predicted octanol–water partition coefficient (Wildman–Crippen LogP) is 2.36. The van der Waals surface area contributed by atoms with Crippen LogP contribution in [0, 0.1) is 5.82 Å². The monoisotopic (exact) mass is 303 g/mol. The van der Waals surface area contributed by atoms with Crippen LogP contribution in [0.4, 0.5) is 4.39 Å². The molecular weight excluding hydrogens is 285 g/mol. The summed E-state index contributed by atoms with van der Waals surface area (Å²) in [6.45, 7) is -0.0908. The molecule has 2 rings (SSSR count). The number of aliphatic hydroxyl groups excluding tert-OH is 1. The van der Waals surface area contributed by atoms with E-state index in [2.05, 4.69) is 5.32 Å². The molecule has 0 aromatic heterocycles. The Morgan fingerprint density at radius 3 is 2.45 bits per heavy atom. The van der Waals surface area contributed by atoms with E-state index in [1.165, 1.54) is 19.2 Å². The molecule has 22 heavy (non-hydrogen) atoms. The first-order valence-corrected chi connectivity index (χ1v) is 6.91. The van der Waals surface area contributed by atoms with E-state index in [0.29, 0.717) is 5.56 Å². The van der Waals surface area contributed by atoms with Crippen LogP contribution in [-0.2, 0) is 9.53 Å². The third-order valence-electron chi connectivity index (χ3n) is 3.31. The van der Waals surface area contributed by atoms with Gasteiger partial charge in [-0.1, -0.05) is 48.5 Å². The summed E-state index contributed by atoms with van der Waals surface area (Å²) in [6, 6.07) is 14.9. The quantitative estimate of drug-likeness (QED) is 0.861. The topological polar surface area (TPSA) is 58.6 Å². The van der Waals surface area contributed by atoms with Crippen LogP contribution in [0.3, 0.4) is 0 Å². The van der Waals surface area contributed by atoms with E-state index >= 15 is 0 Å². The van der Waals surface area contributed by atoms with Gasteiger partial charge in [0.1, 0.15) is 5.82 Å². The summed E-state index contributed by atoms with van der Waals surface area (Å²) in [5, 5.41) is 12.6. The van der Waals surface area contributed by atoms with Crippen LogP contribution in [0.1, 0.15) is 23.3 Å². The lowest BCUT2D eigenvalue weighted by Gasteiger charge is -2.18. The second kappa shape index (κ2) is 7.68. The second-order valence-electron chi connectivity index (χ2n) is 4.81. The highest BCUT2D eigenvalue weighted by Crippen LogP contribution is 2.18. The van der Waals surface area contributed by atoms with Crippen LogP contribution in [0.2, 0.25) is 0 Å². The number of ether oxygens (including phenoxy) is 1. The molecule has 4 nitrogen and oxygen atoms in total. The molecule has 0 spiro atoms. The molecule has 0 bridgehead atoms. The molecule has 0 radical (unpaired) electrons. The van der Waals surface area contributed by atoms with Crippen LogP contribution in [0.25, 0.3) is 0 Å². The van der Waals surface area contributed by atoms with E-state index < -0.39 is 18.0 Å². The first-order chi connectivity index (χ1) is 10.6. The van der Waals surface area contributed by atoms with E-state index in [0.717, 1.165) is 0 Å². The highest BCUT2D eigenvalue weighted by Gasteiger charge is 2.21.